The lowest BCUT2D eigenvalue weighted by Crippen LogP contribution is -2.24. The number of hydrogen-bond acceptors (Lipinski definition) is 4. The summed E-state index contributed by atoms with van der Waals surface area (Å²) in [7, 11) is 0. The first-order valence-electron chi connectivity index (χ1n) is 8.59. The smallest absolute Gasteiger partial charge is 0.118 e. The maximum atomic E-state index is 5.78. The van der Waals surface area contributed by atoms with Crippen molar-refractivity contribution >= 4 is 11.8 Å². The minimum Gasteiger partial charge on any atom is -0.465 e. The maximum absolute atomic E-state index is 5.78. The number of thioether (sulfide) groups is 1. The van der Waals surface area contributed by atoms with E-state index in [1.165, 1.54) is 10.5 Å². The second kappa shape index (κ2) is 8.92. The molecular weight excluding hydrogens is 330 g/mol. The molecule has 4 nitrogen and oxygen atoms in total. The summed E-state index contributed by atoms with van der Waals surface area (Å²) in [4.78, 5) is 7.86. The van der Waals surface area contributed by atoms with Crippen molar-refractivity contribution in [2.45, 2.75) is 37.9 Å². The van der Waals surface area contributed by atoms with Gasteiger partial charge in [-0.15, -0.1) is 11.8 Å². The van der Waals surface area contributed by atoms with Gasteiger partial charge >= 0.3 is 0 Å². The molecule has 0 atom stereocenters. The van der Waals surface area contributed by atoms with Crippen LogP contribution in [0.3, 0.4) is 0 Å². The van der Waals surface area contributed by atoms with Crippen molar-refractivity contribution in [3.63, 3.8) is 0 Å². The van der Waals surface area contributed by atoms with Gasteiger partial charge in [-0.2, -0.15) is 0 Å². The molecule has 0 aliphatic rings. The normalized spacial score (nSPS) is 11.3. The molecule has 0 N–H and O–H groups in total. The fraction of sp³-hybridized carbons (Fsp3) is 0.350. The molecule has 0 bridgehead atoms. The summed E-state index contributed by atoms with van der Waals surface area (Å²) in [6.45, 7) is 5.76. The highest BCUT2D eigenvalue weighted by molar-refractivity contribution is 7.98. The first kappa shape index (κ1) is 17.8. The molecule has 0 aliphatic heterocycles. The summed E-state index contributed by atoms with van der Waals surface area (Å²) in [5.74, 6) is 2.00. The Labute approximate surface area is 153 Å². The molecule has 0 fully saturated rings. The quantitative estimate of drug-likeness (QED) is 0.525. The van der Waals surface area contributed by atoms with E-state index < -0.39 is 0 Å². The van der Waals surface area contributed by atoms with E-state index in [2.05, 4.69) is 51.0 Å². The van der Waals surface area contributed by atoms with E-state index in [-0.39, 0.29) is 0 Å². The third-order valence-corrected chi connectivity index (χ3v) is 4.93. The molecule has 5 heteroatoms. The molecular formula is C20H25N3OS. The van der Waals surface area contributed by atoms with Gasteiger partial charge in [0.2, 0.25) is 0 Å². The van der Waals surface area contributed by atoms with Gasteiger partial charge in [0, 0.05) is 36.9 Å². The average Bonchev–Trinajstić information content (AvgIpc) is 3.27. The second-order valence-corrected chi connectivity index (χ2v) is 7.10. The van der Waals surface area contributed by atoms with Gasteiger partial charge in [-0.25, -0.2) is 4.98 Å². The highest BCUT2D eigenvalue weighted by Gasteiger charge is 2.10. The average molecular weight is 356 g/mol. The Hall–Kier alpha value is -1.98. The zero-order chi connectivity index (χ0) is 17.5. The molecule has 0 spiro atoms. The van der Waals surface area contributed by atoms with Crippen molar-refractivity contribution in [1.82, 2.24) is 14.5 Å². The van der Waals surface area contributed by atoms with Gasteiger partial charge in [0.1, 0.15) is 11.5 Å². The Kier molecular flexibility index (Phi) is 6.36. The zero-order valence-electron chi connectivity index (χ0n) is 14.9. The molecule has 3 rings (SSSR count). The largest absolute Gasteiger partial charge is 0.465 e. The van der Waals surface area contributed by atoms with Crippen LogP contribution in [-0.4, -0.2) is 27.3 Å². The summed E-state index contributed by atoms with van der Waals surface area (Å²) in [5.41, 5.74) is 1.34. The standard InChI is InChI=1S/C20H25N3OS/c1-17-4-7-19(24-17)15-23(12-3-11-22-13-10-21-16-22)14-18-5-8-20(25-2)9-6-18/h4-10,13,16H,3,11-12,14-15H2,1-2H3. The third-order valence-electron chi connectivity index (χ3n) is 4.19. The molecule has 0 saturated heterocycles. The molecule has 0 unspecified atom stereocenters. The minimum absolute atomic E-state index is 0.835. The van der Waals surface area contributed by atoms with Crippen LogP contribution in [0.4, 0.5) is 0 Å². The van der Waals surface area contributed by atoms with Crippen LogP contribution in [0.1, 0.15) is 23.5 Å². The molecule has 0 saturated carbocycles. The predicted octanol–water partition coefficient (Wildman–Crippen LogP) is 4.60. The SMILES string of the molecule is CSc1ccc(CN(CCCn2ccnc2)Cc2ccc(C)o2)cc1. The number of hydrogen-bond donors (Lipinski definition) is 0. The Bertz CT molecular complexity index is 750. The minimum atomic E-state index is 0.835. The van der Waals surface area contributed by atoms with Crippen LogP contribution in [0.25, 0.3) is 0 Å². The second-order valence-electron chi connectivity index (χ2n) is 6.23. The van der Waals surface area contributed by atoms with Gasteiger partial charge in [-0.05, 0) is 49.4 Å². The van der Waals surface area contributed by atoms with Crippen LogP contribution in [0.5, 0.6) is 0 Å². The summed E-state index contributed by atoms with van der Waals surface area (Å²) < 4.78 is 7.91. The van der Waals surface area contributed by atoms with Gasteiger partial charge in [-0.3, -0.25) is 4.90 Å². The zero-order valence-corrected chi connectivity index (χ0v) is 15.7. The number of nitrogens with zero attached hydrogens (tertiary/aromatic N) is 3. The maximum Gasteiger partial charge on any atom is 0.118 e. The molecule has 0 amide bonds. The fourth-order valence-electron chi connectivity index (χ4n) is 2.89. The van der Waals surface area contributed by atoms with E-state index in [0.29, 0.717) is 0 Å². The van der Waals surface area contributed by atoms with Gasteiger partial charge in [-0.1, -0.05) is 12.1 Å². The lowest BCUT2D eigenvalue weighted by Gasteiger charge is -2.21. The molecule has 0 radical (unpaired) electrons. The third kappa shape index (κ3) is 5.51. The Morgan fingerprint density at radius 2 is 1.96 bits per heavy atom. The number of rotatable bonds is 9. The van der Waals surface area contributed by atoms with Crippen LogP contribution in [0, 0.1) is 6.92 Å². The first-order valence-corrected chi connectivity index (χ1v) is 9.82. The van der Waals surface area contributed by atoms with Crippen LogP contribution >= 0.6 is 11.8 Å². The highest BCUT2D eigenvalue weighted by Crippen LogP contribution is 2.17. The fourth-order valence-corrected chi connectivity index (χ4v) is 3.30. The van der Waals surface area contributed by atoms with Crippen LogP contribution in [-0.2, 0) is 19.6 Å². The number of aryl methyl sites for hydroxylation is 2. The molecule has 2 heterocycles. The van der Waals surface area contributed by atoms with E-state index in [9.17, 15) is 0 Å². The Morgan fingerprint density at radius 1 is 1.12 bits per heavy atom. The van der Waals surface area contributed by atoms with E-state index in [1.54, 1.807) is 11.8 Å². The number of imidazole rings is 1. The summed E-state index contributed by atoms with van der Waals surface area (Å²) in [6, 6.07) is 13.0. The van der Waals surface area contributed by atoms with Crippen LogP contribution in [0.15, 0.2) is 64.4 Å². The summed E-state index contributed by atoms with van der Waals surface area (Å²) >= 11 is 1.78. The van der Waals surface area contributed by atoms with Crippen molar-refractivity contribution in [2.75, 3.05) is 12.8 Å². The topological polar surface area (TPSA) is 34.2 Å². The lowest BCUT2D eigenvalue weighted by atomic mass is 10.2. The van der Waals surface area contributed by atoms with Crippen molar-refractivity contribution in [3.05, 3.63) is 72.2 Å². The van der Waals surface area contributed by atoms with Crippen molar-refractivity contribution in [3.8, 4) is 0 Å². The predicted molar refractivity (Wildman–Crippen MR) is 103 cm³/mol. The van der Waals surface area contributed by atoms with Gasteiger partial charge in [0.25, 0.3) is 0 Å². The highest BCUT2D eigenvalue weighted by atomic mass is 32.2. The monoisotopic (exact) mass is 355 g/mol. The number of furan rings is 1. The van der Waals surface area contributed by atoms with Crippen LogP contribution in [0.2, 0.25) is 0 Å². The number of aromatic nitrogens is 2. The van der Waals surface area contributed by atoms with E-state index in [0.717, 1.165) is 44.1 Å². The molecule has 0 aliphatic carbocycles. The van der Waals surface area contributed by atoms with Crippen LogP contribution < -0.4 is 0 Å². The lowest BCUT2D eigenvalue weighted by molar-refractivity contribution is 0.227. The van der Waals surface area contributed by atoms with E-state index >= 15 is 0 Å². The number of benzene rings is 1. The van der Waals surface area contributed by atoms with E-state index in [4.69, 9.17) is 4.42 Å². The molecule has 3 aromatic rings. The first-order chi connectivity index (χ1) is 12.2. The van der Waals surface area contributed by atoms with Crippen molar-refractivity contribution in [2.24, 2.45) is 0 Å². The summed E-state index contributed by atoms with van der Waals surface area (Å²) in [6.07, 6.45) is 8.91. The van der Waals surface area contributed by atoms with Crippen molar-refractivity contribution < 1.29 is 4.42 Å². The Morgan fingerprint density at radius 3 is 2.60 bits per heavy atom. The van der Waals surface area contributed by atoms with Gasteiger partial charge in [0.05, 0.1) is 12.9 Å². The van der Waals surface area contributed by atoms with E-state index in [1.807, 2.05) is 31.7 Å². The summed E-state index contributed by atoms with van der Waals surface area (Å²) in [5, 5.41) is 0. The molecule has 25 heavy (non-hydrogen) atoms. The Balaban J connectivity index is 1.61. The van der Waals surface area contributed by atoms with Gasteiger partial charge < -0.3 is 8.98 Å². The molecule has 1 aromatic carbocycles. The van der Waals surface area contributed by atoms with Crippen molar-refractivity contribution in [1.29, 1.82) is 0 Å². The molecule has 132 valence electrons. The van der Waals surface area contributed by atoms with Gasteiger partial charge in [0.15, 0.2) is 0 Å². The molecule has 2 aromatic heterocycles.